The van der Waals surface area contributed by atoms with Gasteiger partial charge in [-0.1, -0.05) is 6.07 Å². The number of rotatable bonds is 4. The molecule has 1 aliphatic heterocycles. The quantitative estimate of drug-likeness (QED) is 0.888. The number of benzene rings is 1. The predicted octanol–water partition coefficient (Wildman–Crippen LogP) is 2.57. The summed E-state index contributed by atoms with van der Waals surface area (Å²) in [5.74, 6) is 2.15. The summed E-state index contributed by atoms with van der Waals surface area (Å²) in [6.45, 7) is 4.28. The van der Waals surface area contributed by atoms with Crippen LogP contribution in [0.3, 0.4) is 0 Å². The van der Waals surface area contributed by atoms with Gasteiger partial charge in [0.2, 0.25) is 6.79 Å². The molecule has 0 radical (unpaired) electrons. The van der Waals surface area contributed by atoms with Crippen LogP contribution in [0.5, 0.6) is 11.5 Å². The predicted molar refractivity (Wildman–Crippen MR) is 74.8 cm³/mol. The van der Waals surface area contributed by atoms with Crippen LogP contribution >= 0.6 is 0 Å². The van der Waals surface area contributed by atoms with Gasteiger partial charge >= 0.3 is 6.03 Å². The second-order valence-electron chi connectivity index (χ2n) is 5.58. The van der Waals surface area contributed by atoms with Crippen molar-refractivity contribution in [1.82, 2.24) is 10.6 Å². The lowest BCUT2D eigenvalue weighted by atomic mass is 10.1. The molecule has 2 unspecified atom stereocenters. The minimum atomic E-state index is -0.116. The van der Waals surface area contributed by atoms with Crippen molar-refractivity contribution < 1.29 is 14.3 Å². The van der Waals surface area contributed by atoms with Crippen molar-refractivity contribution >= 4 is 6.03 Å². The Bertz CT molecular complexity index is 514. The standard InChI is InChI=1S/C15H20N2O3/c1-9(11-3-4-11)16-15(18)17-10(2)12-5-6-13-14(7-12)20-8-19-13/h5-7,9-11H,3-4,8H2,1-2H3,(H2,16,17,18). The number of ether oxygens (including phenoxy) is 2. The lowest BCUT2D eigenvalue weighted by Crippen LogP contribution is -2.42. The Morgan fingerprint density at radius 3 is 2.70 bits per heavy atom. The molecule has 1 heterocycles. The Balaban J connectivity index is 1.58. The molecule has 1 aromatic rings. The summed E-state index contributed by atoms with van der Waals surface area (Å²) in [6, 6.07) is 5.80. The molecule has 2 amide bonds. The molecule has 0 spiro atoms. The van der Waals surface area contributed by atoms with Gasteiger partial charge in [-0.25, -0.2) is 4.79 Å². The van der Waals surface area contributed by atoms with Crippen LogP contribution in [0.2, 0.25) is 0 Å². The molecule has 5 nitrogen and oxygen atoms in total. The summed E-state index contributed by atoms with van der Waals surface area (Å²) in [5.41, 5.74) is 1.00. The fourth-order valence-electron chi connectivity index (χ4n) is 2.42. The van der Waals surface area contributed by atoms with Crippen LogP contribution in [0.25, 0.3) is 0 Å². The lowest BCUT2D eigenvalue weighted by molar-refractivity contribution is 0.174. The molecule has 1 saturated carbocycles. The number of carbonyl (C=O) groups excluding carboxylic acids is 1. The van der Waals surface area contributed by atoms with Crippen molar-refractivity contribution in [2.24, 2.45) is 5.92 Å². The number of nitrogens with one attached hydrogen (secondary N) is 2. The Kier molecular flexibility index (Phi) is 3.42. The van der Waals surface area contributed by atoms with Gasteiger partial charge in [0, 0.05) is 6.04 Å². The van der Waals surface area contributed by atoms with Gasteiger partial charge in [-0.15, -0.1) is 0 Å². The molecule has 2 aliphatic rings. The molecule has 2 N–H and O–H groups in total. The van der Waals surface area contributed by atoms with Crippen LogP contribution in [0.4, 0.5) is 4.79 Å². The Hall–Kier alpha value is -1.91. The number of hydrogen-bond donors (Lipinski definition) is 2. The maximum absolute atomic E-state index is 11.9. The van der Waals surface area contributed by atoms with Crippen LogP contribution in [-0.2, 0) is 0 Å². The average Bonchev–Trinajstić information content (AvgIpc) is 3.16. The van der Waals surface area contributed by atoms with Crippen LogP contribution < -0.4 is 20.1 Å². The van der Waals surface area contributed by atoms with Crippen LogP contribution in [-0.4, -0.2) is 18.9 Å². The molecule has 1 aromatic carbocycles. The maximum Gasteiger partial charge on any atom is 0.315 e. The number of carbonyl (C=O) groups is 1. The summed E-state index contributed by atoms with van der Waals surface area (Å²) in [5, 5.41) is 5.94. The fraction of sp³-hybridized carbons (Fsp3) is 0.533. The highest BCUT2D eigenvalue weighted by Crippen LogP contribution is 2.34. The summed E-state index contributed by atoms with van der Waals surface area (Å²) >= 11 is 0. The van der Waals surface area contributed by atoms with E-state index in [9.17, 15) is 4.79 Å². The first-order chi connectivity index (χ1) is 9.63. The fourth-order valence-corrected chi connectivity index (χ4v) is 2.42. The van der Waals surface area contributed by atoms with E-state index in [1.807, 2.05) is 25.1 Å². The van der Waals surface area contributed by atoms with Crippen molar-refractivity contribution in [1.29, 1.82) is 0 Å². The third-order valence-electron chi connectivity index (χ3n) is 3.93. The molecule has 0 aromatic heterocycles. The summed E-state index contributed by atoms with van der Waals surface area (Å²) in [4.78, 5) is 11.9. The second-order valence-corrected chi connectivity index (χ2v) is 5.58. The third-order valence-corrected chi connectivity index (χ3v) is 3.93. The van der Waals surface area contributed by atoms with Crippen LogP contribution in [0.1, 0.15) is 38.3 Å². The van der Waals surface area contributed by atoms with Crippen LogP contribution in [0.15, 0.2) is 18.2 Å². The van der Waals surface area contributed by atoms with E-state index in [0.29, 0.717) is 5.92 Å². The largest absolute Gasteiger partial charge is 0.454 e. The number of fused-ring (bicyclic) bond motifs is 1. The van der Waals surface area contributed by atoms with E-state index in [2.05, 4.69) is 17.6 Å². The normalized spacial score (nSPS) is 19.3. The molecule has 0 bridgehead atoms. The first-order valence-corrected chi connectivity index (χ1v) is 7.10. The van der Waals surface area contributed by atoms with E-state index in [0.717, 1.165) is 17.1 Å². The van der Waals surface area contributed by atoms with Crippen molar-refractivity contribution in [3.63, 3.8) is 0 Å². The molecule has 2 atom stereocenters. The van der Waals surface area contributed by atoms with Gasteiger partial charge in [0.1, 0.15) is 0 Å². The first kappa shape index (κ1) is 13.1. The summed E-state index contributed by atoms with van der Waals surface area (Å²) in [6.07, 6.45) is 2.44. The van der Waals surface area contributed by atoms with E-state index in [4.69, 9.17) is 9.47 Å². The maximum atomic E-state index is 11.9. The van der Waals surface area contributed by atoms with Gasteiger partial charge < -0.3 is 20.1 Å². The van der Waals surface area contributed by atoms with Crippen LogP contribution in [0, 0.1) is 5.92 Å². The molecule has 20 heavy (non-hydrogen) atoms. The molecular weight excluding hydrogens is 256 g/mol. The summed E-state index contributed by atoms with van der Waals surface area (Å²) < 4.78 is 10.6. The van der Waals surface area contributed by atoms with Crippen molar-refractivity contribution in [2.45, 2.75) is 38.8 Å². The van der Waals surface area contributed by atoms with E-state index in [-0.39, 0.29) is 24.9 Å². The highest BCUT2D eigenvalue weighted by molar-refractivity contribution is 5.74. The molecule has 0 saturated heterocycles. The molecule has 1 aliphatic carbocycles. The van der Waals surface area contributed by atoms with Gasteiger partial charge in [0.25, 0.3) is 0 Å². The monoisotopic (exact) mass is 276 g/mol. The Labute approximate surface area is 118 Å². The SMILES string of the molecule is CC(NC(=O)NC(C)C1CC1)c1ccc2c(c1)OCO2. The van der Waals surface area contributed by atoms with E-state index in [1.54, 1.807) is 0 Å². The zero-order valence-electron chi connectivity index (χ0n) is 11.8. The zero-order chi connectivity index (χ0) is 14.1. The van der Waals surface area contributed by atoms with Crippen molar-refractivity contribution in [3.05, 3.63) is 23.8 Å². The topological polar surface area (TPSA) is 59.6 Å². The Morgan fingerprint density at radius 1 is 1.20 bits per heavy atom. The molecule has 1 fully saturated rings. The lowest BCUT2D eigenvalue weighted by Gasteiger charge is -2.18. The zero-order valence-corrected chi connectivity index (χ0v) is 11.8. The third kappa shape index (κ3) is 2.81. The molecule has 3 rings (SSSR count). The average molecular weight is 276 g/mol. The van der Waals surface area contributed by atoms with Crippen molar-refractivity contribution in [3.8, 4) is 11.5 Å². The summed E-state index contributed by atoms with van der Waals surface area (Å²) in [7, 11) is 0. The van der Waals surface area contributed by atoms with Gasteiger partial charge in [-0.2, -0.15) is 0 Å². The van der Waals surface area contributed by atoms with Gasteiger partial charge in [-0.05, 0) is 50.3 Å². The number of hydrogen-bond acceptors (Lipinski definition) is 3. The molecule has 108 valence electrons. The highest BCUT2D eigenvalue weighted by Gasteiger charge is 2.29. The highest BCUT2D eigenvalue weighted by atomic mass is 16.7. The van der Waals surface area contributed by atoms with Gasteiger partial charge in [-0.3, -0.25) is 0 Å². The van der Waals surface area contributed by atoms with E-state index >= 15 is 0 Å². The van der Waals surface area contributed by atoms with E-state index in [1.165, 1.54) is 12.8 Å². The minimum Gasteiger partial charge on any atom is -0.454 e. The molecular formula is C15H20N2O3. The van der Waals surface area contributed by atoms with E-state index < -0.39 is 0 Å². The smallest absolute Gasteiger partial charge is 0.315 e. The Morgan fingerprint density at radius 2 is 1.95 bits per heavy atom. The first-order valence-electron chi connectivity index (χ1n) is 7.10. The van der Waals surface area contributed by atoms with Gasteiger partial charge in [0.15, 0.2) is 11.5 Å². The second kappa shape index (κ2) is 5.23. The molecule has 5 heteroatoms. The minimum absolute atomic E-state index is 0.0732. The van der Waals surface area contributed by atoms with Gasteiger partial charge in [0.05, 0.1) is 6.04 Å². The van der Waals surface area contributed by atoms with Crippen molar-refractivity contribution in [2.75, 3.05) is 6.79 Å². The number of amides is 2. The number of urea groups is 1.